The van der Waals surface area contributed by atoms with Gasteiger partial charge in [0.2, 0.25) is 0 Å². The van der Waals surface area contributed by atoms with E-state index >= 15 is 0 Å². The molecular weight excluding hydrogens is 257 g/mol. The highest BCUT2D eigenvalue weighted by atomic mass is 79.9. The Bertz CT molecular complexity index is 294. The van der Waals surface area contributed by atoms with E-state index in [1.54, 1.807) is 6.07 Å². The van der Waals surface area contributed by atoms with Gasteiger partial charge in [-0.3, -0.25) is 0 Å². The number of hydrogen-bond donors (Lipinski definition) is 1. The molecule has 0 fully saturated rings. The van der Waals surface area contributed by atoms with Crippen molar-refractivity contribution < 1.29 is 4.39 Å². The molecule has 0 amide bonds. The average Bonchev–Trinajstić information content (AvgIpc) is 2.15. The van der Waals surface area contributed by atoms with Crippen molar-refractivity contribution in [3.63, 3.8) is 0 Å². The molecule has 0 aliphatic rings. The molecule has 0 aromatic heterocycles. The van der Waals surface area contributed by atoms with E-state index in [1.807, 2.05) is 6.07 Å². The Morgan fingerprint density at radius 1 is 1.33 bits per heavy atom. The molecule has 3 heteroatoms. The van der Waals surface area contributed by atoms with Crippen LogP contribution in [-0.2, 0) is 6.42 Å². The van der Waals surface area contributed by atoms with Crippen LogP contribution in [0.2, 0.25) is 0 Å². The van der Waals surface area contributed by atoms with Crippen molar-refractivity contribution in [2.24, 2.45) is 0 Å². The van der Waals surface area contributed by atoms with E-state index in [1.165, 1.54) is 6.07 Å². The first-order valence-electron chi connectivity index (χ1n) is 5.34. The van der Waals surface area contributed by atoms with Crippen LogP contribution in [0.5, 0.6) is 0 Å². The van der Waals surface area contributed by atoms with Gasteiger partial charge in [-0.1, -0.05) is 29.8 Å². The maximum Gasteiger partial charge on any atom is 0.124 e. The van der Waals surface area contributed by atoms with Crippen molar-refractivity contribution >= 4 is 15.9 Å². The van der Waals surface area contributed by atoms with E-state index in [2.05, 4.69) is 35.1 Å². The molecule has 0 heterocycles. The number of halogens is 2. The maximum absolute atomic E-state index is 13.1. The third kappa shape index (κ3) is 4.31. The predicted molar refractivity (Wildman–Crippen MR) is 65.6 cm³/mol. The fourth-order valence-electron chi connectivity index (χ4n) is 1.66. The largest absolute Gasteiger partial charge is 0.314 e. The van der Waals surface area contributed by atoms with Gasteiger partial charge < -0.3 is 5.32 Å². The maximum atomic E-state index is 13.1. The molecule has 1 aromatic rings. The lowest BCUT2D eigenvalue weighted by Gasteiger charge is -2.15. The third-order valence-corrected chi connectivity index (χ3v) is 2.85. The van der Waals surface area contributed by atoms with Crippen LogP contribution >= 0.6 is 15.9 Å². The van der Waals surface area contributed by atoms with E-state index in [9.17, 15) is 4.39 Å². The summed E-state index contributed by atoms with van der Waals surface area (Å²) in [5.41, 5.74) is 1.04. The first kappa shape index (κ1) is 12.7. The quantitative estimate of drug-likeness (QED) is 0.866. The summed E-state index contributed by atoms with van der Waals surface area (Å²) in [7, 11) is 0. The molecule has 0 aliphatic carbocycles. The summed E-state index contributed by atoms with van der Waals surface area (Å²) in [6.07, 6.45) is 1.93. The van der Waals surface area contributed by atoms with Crippen LogP contribution in [0, 0.1) is 5.82 Å². The standard InChI is InChI=1S/C12H17BrFN/c1-3-12(15-4-2)7-9-5-10(13)8-11(14)6-9/h5-6,8,12,15H,3-4,7H2,1-2H3. The molecule has 1 N–H and O–H groups in total. The van der Waals surface area contributed by atoms with Gasteiger partial charge in [0.05, 0.1) is 0 Å². The summed E-state index contributed by atoms with van der Waals surface area (Å²) < 4.78 is 13.9. The number of likely N-dealkylation sites (N-methyl/N-ethyl adjacent to an activating group) is 1. The molecular formula is C12H17BrFN. The molecule has 0 bridgehead atoms. The van der Waals surface area contributed by atoms with E-state index in [0.29, 0.717) is 6.04 Å². The fraction of sp³-hybridized carbons (Fsp3) is 0.500. The molecule has 1 aromatic carbocycles. The van der Waals surface area contributed by atoms with Gasteiger partial charge in [-0.25, -0.2) is 4.39 Å². The Labute approximate surface area is 99.2 Å². The van der Waals surface area contributed by atoms with Crippen LogP contribution in [0.15, 0.2) is 22.7 Å². The molecule has 0 spiro atoms. The van der Waals surface area contributed by atoms with Gasteiger partial charge in [0.15, 0.2) is 0 Å². The summed E-state index contributed by atoms with van der Waals surface area (Å²) in [4.78, 5) is 0. The molecule has 1 unspecified atom stereocenters. The number of rotatable bonds is 5. The Balaban J connectivity index is 2.69. The topological polar surface area (TPSA) is 12.0 Å². The number of hydrogen-bond acceptors (Lipinski definition) is 1. The summed E-state index contributed by atoms with van der Waals surface area (Å²) in [6, 6.07) is 5.50. The zero-order valence-electron chi connectivity index (χ0n) is 9.19. The lowest BCUT2D eigenvalue weighted by molar-refractivity contribution is 0.508. The van der Waals surface area contributed by atoms with Crippen molar-refractivity contribution in [1.82, 2.24) is 5.32 Å². The summed E-state index contributed by atoms with van der Waals surface area (Å²) in [6.45, 7) is 5.18. The minimum atomic E-state index is -0.175. The first-order chi connectivity index (χ1) is 7.15. The van der Waals surface area contributed by atoms with Crippen LogP contribution < -0.4 is 5.32 Å². The SMILES string of the molecule is CCNC(CC)Cc1cc(F)cc(Br)c1. The highest BCUT2D eigenvalue weighted by molar-refractivity contribution is 9.10. The first-order valence-corrected chi connectivity index (χ1v) is 6.13. The van der Waals surface area contributed by atoms with Crippen LogP contribution in [0.3, 0.4) is 0 Å². The Morgan fingerprint density at radius 3 is 2.60 bits per heavy atom. The van der Waals surface area contributed by atoms with Crippen LogP contribution in [0.1, 0.15) is 25.8 Å². The average molecular weight is 274 g/mol. The molecule has 1 nitrogen and oxygen atoms in total. The van der Waals surface area contributed by atoms with Gasteiger partial charge in [-0.05, 0) is 43.1 Å². The normalized spacial score (nSPS) is 12.8. The molecule has 0 radical (unpaired) electrons. The van der Waals surface area contributed by atoms with Crippen molar-refractivity contribution in [2.75, 3.05) is 6.54 Å². The number of nitrogens with one attached hydrogen (secondary N) is 1. The lowest BCUT2D eigenvalue weighted by Crippen LogP contribution is -2.30. The zero-order valence-corrected chi connectivity index (χ0v) is 10.8. The highest BCUT2D eigenvalue weighted by Crippen LogP contribution is 2.16. The van der Waals surface area contributed by atoms with Gasteiger partial charge >= 0.3 is 0 Å². The molecule has 1 rings (SSSR count). The minimum absolute atomic E-state index is 0.175. The van der Waals surface area contributed by atoms with E-state index < -0.39 is 0 Å². The van der Waals surface area contributed by atoms with Gasteiger partial charge in [0.25, 0.3) is 0 Å². The highest BCUT2D eigenvalue weighted by Gasteiger charge is 2.07. The summed E-state index contributed by atoms with van der Waals surface area (Å²) in [5, 5.41) is 3.38. The van der Waals surface area contributed by atoms with E-state index in [4.69, 9.17) is 0 Å². The Morgan fingerprint density at radius 2 is 2.07 bits per heavy atom. The van der Waals surface area contributed by atoms with E-state index in [-0.39, 0.29) is 5.82 Å². The lowest BCUT2D eigenvalue weighted by atomic mass is 10.0. The second-order valence-electron chi connectivity index (χ2n) is 3.64. The molecule has 0 saturated carbocycles. The predicted octanol–water partition coefficient (Wildman–Crippen LogP) is 3.52. The van der Waals surface area contributed by atoms with Crippen molar-refractivity contribution in [3.05, 3.63) is 34.1 Å². The second kappa shape index (κ2) is 6.23. The van der Waals surface area contributed by atoms with Gasteiger partial charge in [0, 0.05) is 10.5 Å². The molecule has 15 heavy (non-hydrogen) atoms. The molecule has 84 valence electrons. The second-order valence-corrected chi connectivity index (χ2v) is 4.56. The third-order valence-electron chi connectivity index (χ3n) is 2.39. The van der Waals surface area contributed by atoms with Gasteiger partial charge in [0.1, 0.15) is 5.82 Å². The molecule has 0 aliphatic heterocycles. The minimum Gasteiger partial charge on any atom is -0.314 e. The Kier molecular flexibility index (Phi) is 5.26. The fourth-order valence-corrected chi connectivity index (χ4v) is 2.18. The molecule has 1 atom stereocenters. The number of benzene rings is 1. The summed E-state index contributed by atoms with van der Waals surface area (Å²) >= 11 is 3.30. The zero-order chi connectivity index (χ0) is 11.3. The van der Waals surface area contributed by atoms with E-state index in [0.717, 1.165) is 29.4 Å². The Hall–Kier alpha value is -0.410. The van der Waals surface area contributed by atoms with Crippen molar-refractivity contribution in [2.45, 2.75) is 32.7 Å². The van der Waals surface area contributed by atoms with Gasteiger partial charge in [-0.15, -0.1) is 0 Å². The summed E-state index contributed by atoms with van der Waals surface area (Å²) in [5.74, 6) is -0.175. The monoisotopic (exact) mass is 273 g/mol. The van der Waals surface area contributed by atoms with Crippen LogP contribution in [0.4, 0.5) is 4.39 Å². The van der Waals surface area contributed by atoms with Crippen molar-refractivity contribution in [1.29, 1.82) is 0 Å². The van der Waals surface area contributed by atoms with Crippen molar-refractivity contribution in [3.8, 4) is 0 Å². The molecule has 0 saturated heterocycles. The van der Waals surface area contributed by atoms with Crippen LogP contribution in [-0.4, -0.2) is 12.6 Å². The van der Waals surface area contributed by atoms with Gasteiger partial charge in [-0.2, -0.15) is 0 Å². The smallest absolute Gasteiger partial charge is 0.124 e. The van der Waals surface area contributed by atoms with Crippen LogP contribution in [0.25, 0.3) is 0 Å².